The molecular formula is C10H17NO4S. The molecule has 1 heterocycles. The minimum Gasteiger partial charge on any atom is -0.759 e. The predicted molar refractivity (Wildman–Crippen MR) is 57.9 cm³/mol. The SMILES string of the molecule is CCCC[n+]1cccc(C)c1.O=S(=O)([O-])[O-].[H+]. The maximum Gasteiger partial charge on any atom is 1.00 e. The summed E-state index contributed by atoms with van der Waals surface area (Å²) < 4.78 is 36.3. The van der Waals surface area contributed by atoms with Gasteiger partial charge in [-0.25, -0.2) is 4.57 Å². The van der Waals surface area contributed by atoms with Gasteiger partial charge in [0.2, 0.25) is 0 Å². The van der Waals surface area contributed by atoms with Gasteiger partial charge in [-0.15, -0.1) is 0 Å². The Morgan fingerprint density at radius 1 is 1.44 bits per heavy atom. The lowest BCUT2D eigenvalue weighted by molar-refractivity contribution is -0.697. The molecular weight excluding hydrogens is 230 g/mol. The van der Waals surface area contributed by atoms with Crippen LogP contribution in [0.2, 0.25) is 0 Å². The lowest BCUT2D eigenvalue weighted by Gasteiger charge is -2.06. The van der Waals surface area contributed by atoms with Crippen molar-refractivity contribution in [3.8, 4) is 0 Å². The van der Waals surface area contributed by atoms with Crippen LogP contribution in [0.1, 0.15) is 26.8 Å². The third kappa shape index (κ3) is 11.1. The second-order valence-electron chi connectivity index (χ2n) is 3.38. The molecule has 1 aromatic heterocycles. The molecule has 16 heavy (non-hydrogen) atoms. The van der Waals surface area contributed by atoms with Gasteiger partial charge in [-0.05, 0) is 13.0 Å². The molecule has 0 fully saturated rings. The van der Waals surface area contributed by atoms with Gasteiger partial charge < -0.3 is 9.11 Å². The summed E-state index contributed by atoms with van der Waals surface area (Å²) in [6, 6.07) is 4.23. The zero-order valence-electron chi connectivity index (χ0n) is 10.4. The number of hydrogen-bond acceptors (Lipinski definition) is 4. The summed E-state index contributed by atoms with van der Waals surface area (Å²) in [4.78, 5) is 0. The van der Waals surface area contributed by atoms with E-state index in [-0.39, 0.29) is 1.43 Å². The van der Waals surface area contributed by atoms with Crippen LogP contribution >= 0.6 is 0 Å². The van der Waals surface area contributed by atoms with Crippen LogP contribution in [-0.4, -0.2) is 17.5 Å². The number of aromatic nitrogens is 1. The lowest BCUT2D eigenvalue weighted by Crippen LogP contribution is -2.32. The van der Waals surface area contributed by atoms with Crippen molar-refractivity contribution in [2.75, 3.05) is 0 Å². The van der Waals surface area contributed by atoms with Crippen LogP contribution in [0.5, 0.6) is 0 Å². The predicted octanol–water partition coefficient (Wildman–Crippen LogP) is 0.857. The highest BCUT2D eigenvalue weighted by Gasteiger charge is 1.97. The molecule has 0 aliphatic carbocycles. The molecule has 0 N–H and O–H groups in total. The molecule has 0 saturated carbocycles. The van der Waals surface area contributed by atoms with Crippen LogP contribution in [-0.2, 0) is 16.9 Å². The van der Waals surface area contributed by atoms with Crippen LogP contribution in [0.4, 0.5) is 0 Å². The van der Waals surface area contributed by atoms with E-state index >= 15 is 0 Å². The summed E-state index contributed by atoms with van der Waals surface area (Å²) in [5, 5.41) is 0. The van der Waals surface area contributed by atoms with Gasteiger partial charge in [0.15, 0.2) is 12.4 Å². The van der Waals surface area contributed by atoms with E-state index in [0.717, 1.165) is 6.54 Å². The average Bonchev–Trinajstić information content (AvgIpc) is 2.12. The van der Waals surface area contributed by atoms with Crippen molar-refractivity contribution in [2.45, 2.75) is 33.2 Å². The molecule has 0 aromatic carbocycles. The summed E-state index contributed by atoms with van der Waals surface area (Å²) in [5.74, 6) is 0. The Morgan fingerprint density at radius 2 is 2.00 bits per heavy atom. The Kier molecular flexibility index (Phi) is 6.87. The Balaban J connectivity index is 0. The summed E-state index contributed by atoms with van der Waals surface area (Å²) >= 11 is 0. The molecule has 0 radical (unpaired) electrons. The molecule has 6 heteroatoms. The summed E-state index contributed by atoms with van der Waals surface area (Å²) in [6.45, 7) is 5.50. The first-order valence-electron chi connectivity index (χ1n) is 4.95. The van der Waals surface area contributed by atoms with Crippen LogP contribution in [0, 0.1) is 6.92 Å². The quantitative estimate of drug-likeness (QED) is 0.450. The molecule has 0 aliphatic heterocycles. The highest BCUT2D eigenvalue weighted by Crippen LogP contribution is 1.91. The molecule has 1 rings (SSSR count). The second kappa shape index (κ2) is 7.32. The monoisotopic (exact) mass is 247 g/mol. The van der Waals surface area contributed by atoms with Gasteiger partial charge in [-0.3, -0.25) is 8.42 Å². The van der Waals surface area contributed by atoms with Crippen molar-refractivity contribution in [1.82, 2.24) is 0 Å². The van der Waals surface area contributed by atoms with E-state index in [0.29, 0.717) is 0 Å². The normalized spacial score (nSPS) is 10.5. The Hall–Kier alpha value is -0.980. The standard InChI is InChI=1S/C10H16N.H2O4S/c1-3-4-7-11-8-5-6-10(2)9-11;1-5(2,3)4/h5-6,8-9H,3-4,7H2,1-2H3;(H2,1,2,3,4)/q+1;/p-1. The minimum absolute atomic E-state index is 0. The van der Waals surface area contributed by atoms with E-state index in [2.05, 4.69) is 42.9 Å². The van der Waals surface area contributed by atoms with Gasteiger partial charge in [-0.2, -0.15) is 0 Å². The zero-order chi connectivity index (χ0) is 12.6. The van der Waals surface area contributed by atoms with Crippen LogP contribution in [0.15, 0.2) is 24.5 Å². The van der Waals surface area contributed by atoms with E-state index in [9.17, 15) is 0 Å². The number of nitrogens with zero attached hydrogens (tertiary/aromatic N) is 1. The van der Waals surface area contributed by atoms with Crippen molar-refractivity contribution in [1.29, 1.82) is 0 Å². The van der Waals surface area contributed by atoms with E-state index in [1.807, 2.05) is 0 Å². The van der Waals surface area contributed by atoms with Gasteiger partial charge in [-0.1, -0.05) is 13.3 Å². The highest BCUT2D eigenvalue weighted by atomic mass is 32.3. The van der Waals surface area contributed by atoms with Crippen molar-refractivity contribution in [3.63, 3.8) is 0 Å². The Bertz CT molecular complexity index is 401. The van der Waals surface area contributed by atoms with Crippen LogP contribution < -0.4 is 4.57 Å². The molecule has 0 saturated heterocycles. The average molecular weight is 247 g/mol. The lowest BCUT2D eigenvalue weighted by atomic mass is 10.3. The third-order valence-corrected chi connectivity index (χ3v) is 1.78. The fourth-order valence-electron chi connectivity index (χ4n) is 1.13. The smallest absolute Gasteiger partial charge is 0.759 e. The molecule has 0 spiro atoms. The molecule has 0 amide bonds. The van der Waals surface area contributed by atoms with Crippen molar-refractivity contribution in [3.05, 3.63) is 30.1 Å². The van der Waals surface area contributed by atoms with Crippen molar-refractivity contribution < 1.29 is 23.5 Å². The topological polar surface area (TPSA) is 84.1 Å². The molecule has 5 nitrogen and oxygen atoms in total. The maximum atomic E-state index is 8.52. The number of hydrogen-bond donors (Lipinski definition) is 0. The van der Waals surface area contributed by atoms with Crippen LogP contribution in [0.25, 0.3) is 0 Å². The molecule has 92 valence electrons. The van der Waals surface area contributed by atoms with E-state index < -0.39 is 10.4 Å². The molecule has 0 atom stereocenters. The van der Waals surface area contributed by atoms with Crippen molar-refractivity contribution >= 4 is 10.4 Å². The fourth-order valence-corrected chi connectivity index (χ4v) is 1.13. The molecule has 0 aliphatic rings. The van der Waals surface area contributed by atoms with E-state index in [1.165, 1.54) is 18.4 Å². The maximum absolute atomic E-state index is 8.52. The first-order valence-corrected chi connectivity index (χ1v) is 6.28. The van der Waals surface area contributed by atoms with Crippen LogP contribution in [0.3, 0.4) is 0 Å². The molecule has 0 unspecified atom stereocenters. The van der Waals surface area contributed by atoms with E-state index in [4.69, 9.17) is 17.5 Å². The van der Waals surface area contributed by atoms with Gasteiger partial charge >= 0.3 is 1.43 Å². The number of unbranched alkanes of at least 4 members (excludes halogenated alkanes) is 1. The fraction of sp³-hybridized carbons (Fsp3) is 0.500. The summed E-state index contributed by atoms with van der Waals surface area (Å²) in [6.07, 6.45) is 6.85. The number of pyridine rings is 1. The summed E-state index contributed by atoms with van der Waals surface area (Å²) in [5.41, 5.74) is 1.34. The number of aryl methyl sites for hydroxylation is 2. The zero-order valence-corrected chi connectivity index (χ0v) is 10.2. The largest absolute Gasteiger partial charge is 1.00 e. The number of rotatable bonds is 3. The van der Waals surface area contributed by atoms with Crippen molar-refractivity contribution in [2.24, 2.45) is 0 Å². The summed E-state index contributed by atoms with van der Waals surface area (Å²) in [7, 11) is -5.17. The van der Waals surface area contributed by atoms with E-state index in [1.54, 1.807) is 0 Å². The van der Waals surface area contributed by atoms with Gasteiger partial charge in [0.25, 0.3) is 0 Å². The first-order chi connectivity index (χ1) is 7.33. The Morgan fingerprint density at radius 3 is 2.44 bits per heavy atom. The third-order valence-electron chi connectivity index (χ3n) is 1.78. The second-order valence-corrected chi connectivity index (χ2v) is 4.20. The highest BCUT2D eigenvalue weighted by molar-refractivity contribution is 7.79. The first kappa shape index (κ1) is 15.0. The minimum atomic E-state index is -5.17. The van der Waals surface area contributed by atoms with Gasteiger partial charge in [0.05, 0.1) is 0 Å². The molecule has 1 aromatic rings. The Labute approximate surface area is 97.8 Å². The van der Waals surface area contributed by atoms with Gasteiger partial charge in [0, 0.05) is 28.4 Å². The van der Waals surface area contributed by atoms with Gasteiger partial charge in [0.1, 0.15) is 6.54 Å². The molecule has 0 bridgehead atoms.